The number of carbonyl (C=O) groups is 1. The molecule has 4 saturated carbocycles. The van der Waals surface area contributed by atoms with Crippen molar-refractivity contribution in [1.82, 2.24) is 5.32 Å². The summed E-state index contributed by atoms with van der Waals surface area (Å²) in [6.07, 6.45) is 7.19. The minimum absolute atomic E-state index is 0.0834. The van der Waals surface area contributed by atoms with Crippen LogP contribution in [0.1, 0.15) is 48.3 Å². The number of nitrogens with one attached hydrogen (secondary N) is 1. The Kier molecular flexibility index (Phi) is 3.27. The smallest absolute Gasteiger partial charge is 0.226 e. The first-order valence-corrected chi connectivity index (χ1v) is 9.60. The van der Waals surface area contributed by atoms with Gasteiger partial charge in [-0.15, -0.1) is 11.3 Å². The molecule has 0 saturated heterocycles. The van der Waals surface area contributed by atoms with Gasteiger partial charge in [-0.05, 0) is 69.4 Å². The van der Waals surface area contributed by atoms with Gasteiger partial charge in [-0.1, -0.05) is 15.9 Å². The molecule has 21 heavy (non-hydrogen) atoms. The Morgan fingerprint density at radius 2 is 2.05 bits per heavy atom. The molecule has 0 aliphatic heterocycles. The fourth-order valence-corrected chi connectivity index (χ4v) is 7.63. The van der Waals surface area contributed by atoms with E-state index in [9.17, 15) is 4.79 Å². The fraction of sp³-hybridized carbons (Fsp3) is 0.706. The zero-order valence-corrected chi connectivity index (χ0v) is 14.9. The highest BCUT2D eigenvalue weighted by Crippen LogP contribution is 2.64. The third kappa shape index (κ3) is 2.48. The predicted octanol–water partition coefficient (Wildman–Crippen LogP) is 4.41. The normalized spacial score (nSPS) is 40.5. The number of hydrogen-bond donors (Lipinski definition) is 1. The summed E-state index contributed by atoms with van der Waals surface area (Å²) in [7, 11) is 0. The van der Waals surface area contributed by atoms with E-state index in [2.05, 4.69) is 40.3 Å². The van der Waals surface area contributed by atoms with E-state index in [4.69, 9.17) is 0 Å². The van der Waals surface area contributed by atoms with Gasteiger partial charge in [0.05, 0.1) is 12.0 Å². The SMILES string of the molecule is Cc1ccc(CNC(=O)C23CC4CC(CC(Br)(C4)C2)C3)s1. The summed E-state index contributed by atoms with van der Waals surface area (Å²) in [6.45, 7) is 2.81. The molecule has 4 fully saturated rings. The molecule has 1 heterocycles. The van der Waals surface area contributed by atoms with E-state index in [0.717, 1.165) is 31.1 Å². The number of halogens is 1. The maximum atomic E-state index is 12.9. The molecular formula is C17H22BrNOS. The predicted molar refractivity (Wildman–Crippen MR) is 89.7 cm³/mol. The highest BCUT2D eigenvalue weighted by molar-refractivity contribution is 9.10. The van der Waals surface area contributed by atoms with Crippen molar-refractivity contribution in [1.29, 1.82) is 0 Å². The highest BCUT2D eigenvalue weighted by atomic mass is 79.9. The van der Waals surface area contributed by atoms with Crippen molar-refractivity contribution in [2.75, 3.05) is 0 Å². The van der Waals surface area contributed by atoms with Crippen LogP contribution in [-0.4, -0.2) is 10.2 Å². The summed E-state index contributed by atoms with van der Waals surface area (Å²) >= 11 is 5.76. The van der Waals surface area contributed by atoms with Crippen LogP contribution in [0, 0.1) is 24.2 Å². The first-order chi connectivity index (χ1) is 9.96. The Bertz CT molecular complexity index is 567. The van der Waals surface area contributed by atoms with Crippen LogP contribution in [0.5, 0.6) is 0 Å². The molecular weight excluding hydrogens is 346 g/mol. The molecule has 2 unspecified atom stereocenters. The third-order valence-corrected chi connectivity index (χ3v) is 7.62. The largest absolute Gasteiger partial charge is 0.351 e. The Labute approximate surface area is 138 Å². The number of rotatable bonds is 3. The van der Waals surface area contributed by atoms with Gasteiger partial charge in [0.25, 0.3) is 0 Å². The number of alkyl halides is 1. The highest BCUT2D eigenvalue weighted by Gasteiger charge is 2.59. The number of hydrogen-bond acceptors (Lipinski definition) is 2. The van der Waals surface area contributed by atoms with Crippen molar-refractivity contribution in [3.8, 4) is 0 Å². The van der Waals surface area contributed by atoms with E-state index in [-0.39, 0.29) is 9.74 Å². The second kappa shape index (κ2) is 4.82. The van der Waals surface area contributed by atoms with Gasteiger partial charge >= 0.3 is 0 Å². The number of aryl methyl sites for hydroxylation is 1. The summed E-state index contributed by atoms with van der Waals surface area (Å²) in [6, 6.07) is 4.26. The quantitative estimate of drug-likeness (QED) is 0.787. The minimum Gasteiger partial charge on any atom is -0.351 e. The molecule has 4 aliphatic carbocycles. The Morgan fingerprint density at radius 1 is 1.33 bits per heavy atom. The van der Waals surface area contributed by atoms with E-state index < -0.39 is 0 Å². The lowest BCUT2D eigenvalue weighted by Gasteiger charge is -2.59. The molecule has 0 aromatic carbocycles. The van der Waals surface area contributed by atoms with Crippen LogP contribution in [0.4, 0.5) is 0 Å². The van der Waals surface area contributed by atoms with Crippen molar-refractivity contribution in [2.24, 2.45) is 17.3 Å². The van der Waals surface area contributed by atoms with Crippen LogP contribution in [0.15, 0.2) is 12.1 Å². The molecule has 0 radical (unpaired) electrons. The fourth-order valence-electron chi connectivity index (χ4n) is 5.35. The van der Waals surface area contributed by atoms with Gasteiger partial charge in [-0.2, -0.15) is 0 Å². The van der Waals surface area contributed by atoms with Crippen LogP contribution in [0.2, 0.25) is 0 Å². The second-order valence-electron chi connectivity index (χ2n) is 7.59. The minimum atomic E-state index is -0.0834. The average Bonchev–Trinajstić information content (AvgIpc) is 2.79. The van der Waals surface area contributed by atoms with Crippen molar-refractivity contribution in [2.45, 2.75) is 56.3 Å². The van der Waals surface area contributed by atoms with E-state index in [0.29, 0.717) is 12.5 Å². The van der Waals surface area contributed by atoms with Crippen molar-refractivity contribution in [3.63, 3.8) is 0 Å². The Balaban J connectivity index is 1.49. The molecule has 4 heteroatoms. The molecule has 1 N–H and O–H groups in total. The molecule has 2 nitrogen and oxygen atoms in total. The first-order valence-electron chi connectivity index (χ1n) is 7.99. The van der Waals surface area contributed by atoms with E-state index in [1.807, 2.05) is 0 Å². The lowest BCUT2D eigenvalue weighted by atomic mass is 9.49. The summed E-state index contributed by atoms with van der Waals surface area (Å²) < 4.78 is 0.258. The molecule has 1 amide bonds. The van der Waals surface area contributed by atoms with Gasteiger partial charge < -0.3 is 5.32 Å². The summed E-state index contributed by atoms with van der Waals surface area (Å²) in [4.78, 5) is 15.5. The molecule has 2 atom stereocenters. The number of thiophene rings is 1. The van der Waals surface area contributed by atoms with Crippen LogP contribution in [0.25, 0.3) is 0 Å². The molecule has 4 bridgehead atoms. The Hall–Kier alpha value is -0.350. The van der Waals surface area contributed by atoms with Gasteiger partial charge in [0.1, 0.15) is 0 Å². The molecule has 114 valence electrons. The zero-order chi connectivity index (χ0) is 14.7. The zero-order valence-electron chi connectivity index (χ0n) is 12.5. The monoisotopic (exact) mass is 367 g/mol. The Morgan fingerprint density at radius 3 is 2.62 bits per heavy atom. The molecule has 1 aromatic rings. The van der Waals surface area contributed by atoms with E-state index in [1.54, 1.807) is 11.3 Å². The first kappa shape index (κ1) is 14.3. The molecule has 1 aromatic heterocycles. The molecule has 4 aliphatic rings. The van der Waals surface area contributed by atoms with Crippen LogP contribution in [0.3, 0.4) is 0 Å². The van der Waals surface area contributed by atoms with Gasteiger partial charge in [0, 0.05) is 14.1 Å². The lowest BCUT2D eigenvalue weighted by Crippen LogP contribution is -2.58. The van der Waals surface area contributed by atoms with Crippen molar-refractivity contribution in [3.05, 3.63) is 21.9 Å². The number of amides is 1. The average molecular weight is 368 g/mol. The standard InChI is InChI=1S/C17H22BrNOS/c1-11-2-3-14(21-11)9-19-15(20)16-5-12-4-13(6-16)8-17(18,7-12)10-16/h2-3,12-13H,4-10H2,1H3,(H,19,20). The number of carbonyl (C=O) groups excluding carboxylic acids is 1. The molecule has 5 rings (SSSR count). The van der Waals surface area contributed by atoms with Crippen molar-refractivity contribution < 1.29 is 4.79 Å². The van der Waals surface area contributed by atoms with E-state index >= 15 is 0 Å². The molecule has 0 spiro atoms. The van der Waals surface area contributed by atoms with Gasteiger partial charge in [-0.3, -0.25) is 4.79 Å². The second-order valence-corrected chi connectivity index (χ2v) is 10.6. The van der Waals surface area contributed by atoms with Crippen LogP contribution < -0.4 is 5.32 Å². The maximum absolute atomic E-state index is 12.9. The summed E-state index contributed by atoms with van der Waals surface area (Å²) in [5, 5.41) is 3.24. The topological polar surface area (TPSA) is 29.1 Å². The van der Waals surface area contributed by atoms with Gasteiger partial charge in [0.15, 0.2) is 0 Å². The summed E-state index contributed by atoms with van der Waals surface area (Å²) in [5.41, 5.74) is -0.0834. The van der Waals surface area contributed by atoms with Gasteiger partial charge in [-0.25, -0.2) is 0 Å². The van der Waals surface area contributed by atoms with Crippen molar-refractivity contribution >= 4 is 33.2 Å². The lowest BCUT2D eigenvalue weighted by molar-refractivity contribution is -0.144. The summed E-state index contributed by atoms with van der Waals surface area (Å²) in [5.74, 6) is 1.84. The van der Waals surface area contributed by atoms with Crippen LogP contribution in [-0.2, 0) is 11.3 Å². The van der Waals surface area contributed by atoms with Crippen LogP contribution >= 0.6 is 27.3 Å². The van der Waals surface area contributed by atoms with Gasteiger partial charge in [0.2, 0.25) is 5.91 Å². The maximum Gasteiger partial charge on any atom is 0.226 e. The van der Waals surface area contributed by atoms with E-state index in [1.165, 1.54) is 29.0 Å². The third-order valence-electron chi connectivity index (χ3n) is 5.69.